The summed E-state index contributed by atoms with van der Waals surface area (Å²) in [6.45, 7) is 9.94. The van der Waals surface area contributed by atoms with Gasteiger partial charge < -0.3 is 5.11 Å². The minimum absolute atomic E-state index is 0.311. The fourth-order valence-corrected chi connectivity index (χ4v) is 2.62. The van der Waals surface area contributed by atoms with Crippen molar-refractivity contribution >= 4 is 0 Å². The number of aryl methyl sites for hydroxylation is 1. The first-order chi connectivity index (χ1) is 8.72. The van der Waals surface area contributed by atoms with E-state index in [4.69, 9.17) is 0 Å². The highest BCUT2D eigenvalue weighted by atomic mass is 16.3. The largest absolute Gasteiger partial charge is 0.396 e. The van der Waals surface area contributed by atoms with E-state index in [1.54, 1.807) is 0 Å². The molecule has 0 radical (unpaired) electrons. The van der Waals surface area contributed by atoms with Gasteiger partial charge in [0.15, 0.2) is 0 Å². The number of allylic oxidation sites excluding steroid dienone is 1. The molecule has 0 saturated carbocycles. The predicted octanol–water partition coefficient (Wildman–Crippen LogP) is 1.58. The zero-order chi connectivity index (χ0) is 13.0. The quantitative estimate of drug-likeness (QED) is 0.806. The molecule has 0 amide bonds. The van der Waals surface area contributed by atoms with Crippen LogP contribution in [-0.4, -0.2) is 39.5 Å². The van der Waals surface area contributed by atoms with E-state index >= 15 is 0 Å². The minimum atomic E-state index is 0.311. The van der Waals surface area contributed by atoms with Crippen molar-refractivity contribution in [3.63, 3.8) is 0 Å². The third-order valence-corrected chi connectivity index (χ3v) is 3.62. The van der Waals surface area contributed by atoms with E-state index in [1.807, 2.05) is 10.8 Å². The van der Waals surface area contributed by atoms with Gasteiger partial charge in [-0.1, -0.05) is 6.08 Å². The molecule has 1 aliphatic rings. The first-order valence-corrected chi connectivity index (χ1v) is 6.70. The Bertz CT molecular complexity index is 400. The van der Waals surface area contributed by atoms with Crippen LogP contribution < -0.4 is 0 Å². The molecule has 4 heteroatoms. The second kappa shape index (κ2) is 6.16. The molecule has 0 unspecified atom stereocenters. The Balaban J connectivity index is 1.97. The fourth-order valence-electron chi connectivity index (χ4n) is 2.62. The third kappa shape index (κ3) is 3.21. The summed E-state index contributed by atoms with van der Waals surface area (Å²) in [4.78, 5) is 2.42. The van der Waals surface area contributed by atoms with Crippen LogP contribution in [0.25, 0.3) is 0 Å². The minimum Gasteiger partial charge on any atom is -0.396 e. The van der Waals surface area contributed by atoms with Gasteiger partial charge in [-0.15, -0.1) is 6.58 Å². The van der Waals surface area contributed by atoms with E-state index in [1.165, 1.54) is 12.0 Å². The molecule has 1 aliphatic heterocycles. The van der Waals surface area contributed by atoms with Crippen LogP contribution in [0, 0.1) is 12.8 Å². The van der Waals surface area contributed by atoms with Crippen molar-refractivity contribution in [1.82, 2.24) is 14.7 Å². The molecule has 0 spiro atoms. The van der Waals surface area contributed by atoms with Gasteiger partial charge in [0.2, 0.25) is 0 Å². The maximum atomic E-state index is 9.25. The van der Waals surface area contributed by atoms with E-state index in [9.17, 15) is 5.11 Å². The molecular formula is C14H23N3O. The van der Waals surface area contributed by atoms with Gasteiger partial charge in [-0.25, -0.2) is 0 Å². The number of piperidine rings is 1. The average molecular weight is 249 g/mol. The van der Waals surface area contributed by atoms with Gasteiger partial charge >= 0.3 is 0 Å². The van der Waals surface area contributed by atoms with Crippen LogP contribution in [0.5, 0.6) is 0 Å². The standard InChI is InChI=1S/C14H23N3O/c1-3-6-17-10-14(12(2)15-17)9-16-7-4-5-13(8-16)11-18/h3,10,13,18H,1,4-9,11H2,2H3/t13-/m1/s1. The van der Waals surface area contributed by atoms with Gasteiger partial charge in [0.05, 0.1) is 12.2 Å². The number of aromatic nitrogens is 2. The molecule has 1 atom stereocenters. The van der Waals surface area contributed by atoms with Crippen molar-refractivity contribution in [1.29, 1.82) is 0 Å². The molecule has 1 N–H and O–H groups in total. The van der Waals surface area contributed by atoms with Crippen molar-refractivity contribution in [3.8, 4) is 0 Å². The number of nitrogens with zero attached hydrogens (tertiary/aromatic N) is 3. The first-order valence-electron chi connectivity index (χ1n) is 6.70. The highest BCUT2D eigenvalue weighted by Crippen LogP contribution is 2.19. The molecule has 100 valence electrons. The lowest BCUT2D eigenvalue weighted by Gasteiger charge is -2.31. The van der Waals surface area contributed by atoms with Crippen molar-refractivity contribution in [3.05, 3.63) is 30.1 Å². The molecule has 18 heavy (non-hydrogen) atoms. The summed E-state index contributed by atoms with van der Waals surface area (Å²) >= 11 is 0. The van der Waals surface area contributed by atoms with Crippen LogP contribution in [0.4, 0.5) is 0 Å². The second-order valence-corrected chi connectivity index (χ2v) is 5.18. The Hall–Kier alpha value is -1.13. The zero-order valence-corrected chi connectivity index (χ0v) is 11.2. The normalized spacial score (nSPS) is 21.1. The van der Waals surface area contributed by atoms with E-state index in [2.05, 4.69) is 29.7 Å². The summed E-state index contributed by atoms with van der Waals surface area (Å²) in [7, 11) is 0. The summed E-state index contributed by atoms with van der Waals surface area (Å²) in [5.41, 5.74) is 2.39. The highest BCUT2D eigenvalue weighted by Gasteiger charge is 2.20. The van der Waals surface area contributed by atoms with Crippen LogP contribution in [0.1, 0.15) is 24.1 Å². The van der Waals surface area contributed by atoms with Gasteiger partial charge in [-0.3, -0.25) is 9.58 Å². The third-order valence-electron chi connectivity index (χ3n) is 3.62. The Labute approximate surface area is 109 Å². The van der Waals surface area contributed by atoms with Crippen LogP contribution in [-0.2, 0) is 13.1 Å². The second-order valence-electron chi connectivity index (χ2n) is 5.18. The maximum absolute atomic E-state index is 9.25. The molecule has 0 aromatic carbocycles. The number of likely N-dealkylation sites (tertiary alicyclic amines) is 1. The highest BCUT2D eigenvalue weighted by molar-refractivity contribution is 5.15. The fraction of sp³-hybridized carbons (Fsp3) is 0.643. The van der Waals surface area contributed by atoms with Gasteiger partial charge in [0.1, 0.15) is 0 Å². The van der Waals surface area contributed by atoms with Crippen LogP contribution in [0.15, 0.2) is 18.9 Å². The smallest absolute Gasteiger partial charge is 0.0638 e. The van der Waals surface area contributed by atoms with Crippen molar-refractivity contribution < 1.29 is 5.11 Å². The molecular weight excluding hydrogens is 226 g/mol. The maximum Gasteiger partial charge on any atom is 0.0638 e. The monoisotopic (exact) mass is 249 g/mol. The molecule has 1 fully saturated rings. The molecule has 4 nitrogen and oxygen atoms in total. The Morgan fingerprint density at radius 2 is 2.44 bits per heavy atom. The number of aliphatic hydroxyl groups excluding tert-OH is 1. The topological polar surface area (TPSA) is 41.3 Å². The van der Waals surface area contributed by atoms with Crippen LogP contribution in [0.2, 0.25) is 0 Å². The summed E-state index contributed by atoms with van der Waals surface area (Å²) in [5.74, 6) is 0.447. The Morgan fingerprint density at radius 3 is 3.17 bits per heavy atom. The number of aliphatic hydroxyl groups is 1. The predicted molar refractivity (Wildman–Crippen MR) is 72.2 cm³/mol. The van der Waals surface area contributed by atoms with Crippen molar-refractivity contribution in [2.24, 2.45) is 5.92 Å². The van der Waals surface area contributed by atoms with E-state index in [0.717, 1.165) is 38.3 Å². The summed E-state index contributed by atoms with van der Waals surface area (Å²) in [6, 6.07) is 0. The first kappa shape index (κ1) is 13.3. The molecule has 2 rings (SSSR count). The molecule has 1 saturated heterocycles. The van der Waals surface area contributed by atoms with Gasteiger partial charge in [-0.05, 0) is 32.2 Å². The zero-order valence-electron chi connectivity index (χ0n) is 11.2. The molecule has 0 aliphatic carbocycles. The Kier molecular flexibility index (Phi) is 4.55. The van der Waals surface area contributed by atoms with E-state index in [0.29, 0.717) is 12.5 Å². The SMILES string of the molecule is C=CCn1cc(CN2CCC[C@@H](CO)C2)c(C)n1. The van der Waals surface area contributed by atoms with Gasteiger partial charge in [0, 0.05) is 31.5 Å². The lowest BCUT2D eigenvalue weighted by molar-refractivity contribution is 0.115. The van der Waals surface area contributed by atoms with Crippen LogP contribution in [0.3, 0.4) is 0 Å². The molecule has 2 heterocycles. The summed E-state index contributed by atoms with van der Waals surface area (Å²) in [6.07, 6.45) is 6.31. The lowest BCUT2D eigenvalue weighted by atomic mass is 9.98. The van der Waals surface area contributed by atoms with E-state index in [-0.39, 0.29) is 0 Å². The molecule has 1 aromatic heterocycles. The lowest BCUT2D eigenvalue weighted by Crippen LogP contribution is -2.36. The van der Waals surface area contributed by atoms with Crippen molar-refractivity contribution in [2.75, 3.05) is 19.7 Å². The van der Waals surface area contributed by atoms with Gasteiger partial charge in [-0.2, -0.15) is 5.10 Å². The van der Waals surface area contributed by atoms with Crippen molar-refractivity contribution in [2.45, 2.75) is 32.9 Å². The van der Waals surface area contributed by atoms with E-state index < -0.39 is 0 Å². The molecule has 0 bridgehead atoms. The van der Waals surface area contributed by atoms with Crippen LogP contribution >= 0.6 is 0 Å². The van der Waals surface area contributed by atoms with Gasteiger partial charge in [0.25, 0.3) is 0 Å². The molecule has 1 aromatic rings. The number of rotatable bonds is 5. The summed E-state index contributed by atoms with van der Waals surface area (Å²) < 4.78 is 1.94. The number of hydrogen-bond acceptors (Lipinski definition) is 3. The number of hydrogen-bond donors (Lipinski definition) is 1. The average Bonchev–Trinajstić information content (AvgIpc) is 2.70. The Morgan fingerprint density at radius 1 is 1.61 bits per heavy atom. The summed E-state index contributed by atoms with van der Waals surface area (Å²) in [5, 5.41) is 13.7.